The zero-order valence-electron chi connectivity index (χ0n) is 15.8. The monoisotopic (exact) mass is 414 g/mol. The molecule has 0 aliphatic heterocycles. The number of nitrogens with zero attached hydrogens (tertiary/aromatic N) is 1. The lowest BCUT2D eigenvalue weighted by Crippen LogP contribution is -2.30. The van der Waals surface area contributed by atoms with Gasteiger partial charge in [0, 0.05) is 22.7 Å². The lowest BCUT2D eigenvalue weighted by atomic mass is 10.2. The molecule has 0 saturated carbocycles. The molecule has 7 heteroatoms. The summed E-state index contributed by atoms with van der Waals surface area (Å²) in [5, 5.41) is 1.97. The minimum absolute atomic E-state index is 0.0612. The van der Waals surface area contributed by atoms with Gasteiger partial charge >= 0.3 is 0 Å². The van der Waals surface area contributed by atoms with E-state index < -0.39 is 10.0 Å². The van der Waals surface area contributed by atoms with Crippen molar-refractivity contribution >= 4 is 33.0 Å². The van der Waals surface area contributed by atoms with Gasteiger partial charge in [-0.1, -0.05) is 29.8 Å². The van der Waals surface area contributed by atoms with E-state index >= 15 is 0 Å². The maximum atomic E-state index is 12.9. The van der Waals surface area contributed by atoms with Crippen LogP contribution in [0.3, 0.4) is 0 Å². The molecule has 0 unspecified atom stereocenters. The first kappa shape index (κ1) is 20.1. The highest BCUT2D eigenvalue weighted by Crippen LogP contribution is 2.20. The first-order chi connectivity index (χ1) is 13.4. The molecule has 0 aliphatic carbocycles. The minimum atomic E-state index is -3.78. The van der Waals surface area contributed by atoms with Crippen LogP contribution in [0.4, 0.5) is 5.69 Å². The van der Waals surface area contributed by atoms with E-state index in [0.29, 0.717) is 24.3 Å². The second-order valence-electron chi connectivity index (χ2n) is 6.40. The Morgan fingerprint density at radius 3 is 2.46 bits per heavy atom. The van der Waals surface area contributed by atoms with Crippen molar-refractivity contribution in [1.29, 1.82) is 0 Å². The maximum Gasteiger partial charge on any atom is 0.261 e. The summed E-state index contributed by atoms with van der Waals surface area (Å²) in [6.07, 6.45) is 0. The summed E-state index contributed by atoms with van der Waals surface area (Å²) >= 11 is 1.59. The average Bonchev–Trinajstić information content (AvgIpc) is 3.20. The van der Waals surface area contributed by atoms with E-state index in [4.69, 9.17) is 0 Å². The Bertz CT molecular complexity index is 1040. The van der Waals surface area contributed by atoms with Gasteiger partial charge in [0.1, 0.15) is 0 Å². The van der Waals surface area contributed by atoms with Crippen LogP contribution < -0.4 is 4.72 Å². The van der Waals surface area contributed by atoms with Crippen molar-refractivity contribution in [2.24, 2.45) is 0 Å². The van der Waals surface area contributed by atoms with Gasteiger partial charge in [-0.15, -0.1) is 11.3 Å². The fraction of sp³-hybridized carbons (Fsp3) is 0.190. The van der Waals surface area contributed by atoms with Crippen molar-refractivity contribution in [3.05, 3.63) is 82.0 Å². The van der Waals surface area contributed by atoms with Gasteiger partial charge < -0.3 is 4.90 Å². The second kappa shape index (κ2) is 8.58. The van der Waals surface area contributed by atoms with Gasteiger partial charge in [-0.2, -0.15) is 0 Å². The summed E-state index contributed by atoms with van der Waals surface area (Å²) in [5.74, 6) is -0.191. The molecule has 146 valence electrons. The van der Waals surface area contributed by atoms with Crippen LogP contribution in [0.25, 0.3) is 0 Å². The van der Waals surface area contributed by atoms with E-state index in [1.165, 1.54) is 12.1 Å². The minimum Gasteiger partial charge on any atom is -0.334 e. The van der Waals surface area contributed by atoms with Crippen LogP contribution in [0.2, 0.25) is 0 Å². The van der Waals surface area contributed by atoms with Gasteiger partial charge in [-0.25, -0.2) is 8.42 Å². The molecule has 0 saturated heterocycles. The molecule has 0 radical (unpaired) electrons. The molecular weight excluding hydrogens is 392 g/mol. The van der Waals surface area contributed by atoms with Crippen LogP contribution in [-0.4, -0.2) is 25.8 Å². The quantitative estimate of drug-likeness (QED) is 0.618. The Morgan fingerprint density at radius 1 is 1.07 bits per heavy atom. The normalized spacial score (nSPS) is 11.2. The van der Waals surface area contributed by atoms with Crippen molar-refractivity contribution < 1.29 is 13.2 Å². The van der Waals surface area contributed by atoms with Crippen molar-refractivity contribution in [3.8, 4) is 0 Å². The summed E-state index contributed by atoms with van der Waals surface area (Å²) in [6, 6.07) is 17.2. The predicted octanol–water partition coefficient (Wildman–Crippen LogP) is 4.52. The van der Waals surface area contributed by atoms with Crippen molar-refractivity contribution in [2.45, 2.75) is 25.3 Å². The number of nitrogens with one attached hydrogen (secondary N) is 1. The molecule has 5 nitrogen and oxygen atoms in total. The van der Waals surface area contributed by atoms with Crippen molar-refractivity contribution in [2.75, 3.05) is 11.3 Å². The number of amides is 1. The van der Waals surface area contributed by atoms with Crippen LogP contribution in [0, 0.1) is 6.92 Å². The number of anilines is 1. The molecule has 3 aromatic rings. The van der Waals surface area contributed by atoms with E-state index in [1.54, 1.807) is 40.5 Å². The highest BCUT2D eigenvalue weighted by atomic mass is 32.2. The SMILES string of the molecule is CCN(Cc1cccs1)C(=O)c1cccc(S(=O)(=O)Nc2ccc(C)cc2)c1. The van der Waals surface area contributed by atoms with Gasteiger partial charge in [-0.3, -0.25) is 9.52 Å². The molecule has 1 N–H and O–H groups in total. The Labute approximate surface area is 169 Å². The average molecular weight is 415 g/mol. The third kappa shape index (κ3) is 4.79. The lowest BCUT2D eigenvalue weighted by Gasteiger charge is -2.20. The third-order valence-corrected chi connectivity index (χ3v) is 6.53. The number of carbonyl (C=O) groups excluding carboxylic acids is 1. The topological polar surface area (TPSA) is 66.5 Å². The van der Waals surface area contributed by atoms with Crippen molar-refractivity contribution in [3.63, 3.8) is 0 Å². The third-order valence-electron chi connectivity index (χ3n) is 4.29. The van der Waals surface area contributed by atoms with E-state index in [1.807, 2.05) is 43.5 Å². The number of hydrogen-bond donors (Lipinski definition) is 1. The number of aryl methyl sites for hydroxylation is 1. The Hall–Kier alpha value is -2.64. The molecular formula is C21H22N2O3S2. The summed E-state index contributed by atoms with van der Waals surface area (Å²) in [6.45, 7) is 4.88. The van der Waals surface area contributed by atoms with E-state index in [2.05, 4.69) is 4.72 Å². The number of rotatable bonds is 7. The molecule has 0 spiro atoms. The summed E-state index contributed by atoms with van der Waals surface area (Å²) in [4.78, 5) is 15.7. The smallest absolute Gasteiger partial charge is 0.261 e. The van der Waals surface area contributed by atoms with Gasteiger partial charge in [0.2, 0.25) is 0 Å². The molecule has 28 heavy (non-hydrogen) atoms. The van der Waals surface area contributed by atoms with Crippen LogP contribution in [-0.2, 0) is 16.6 Å². The highest BCUT2D eigenvalue weighted by Gasteiger charge is 2.19. The molecule has 0 bridgehead atoms. The molecule has 0 fully saturated rings. The predicted molar refractivity (Wildman–Crippen MR) is 113 cm³/mol. The van der Waals surface area contributed by atoms with Gasteiger partial charge in [-0.05, 0) is 55.6 Å². The number of carbonyl (C=O) groups is 1. The Kier molecular flexibility index (Phi) is 6.16. The summed E-state index contributed by atoms with van der Waals surface area (Å²) in [5.41, 5.74) is 1.88. The molecule has 3 rings (SSSR count). The van der Waals surface area contributed by atoms with Crippen LogP contribution in [0.15, 0.2) is 70.9 Å². The van der Waals surface area contributed by atoms with Crippen LogP contribution in [0.5, 0.6) is 0 Å². The van der Waals surface area contributed by atoms with Gasteiger partial charge in [0.15, 0.2) is 0 Å². The van der Waals surface area contributed by atoms with Gasteiger partial charge in [0.25, 0.3) is 15.9 Å². The zero-order valence-corrected chi connectivity index (χ0v) is 17.4. The fourth-order valence-corrected chi connectivity index (χ4v) is 4.56. The molecule has 1 heterocycles. The first-order valence-electron chi connectivity index (χ1n) is 8.90. The number of hydrogen-bond acceptors (Lipinski definition) is 4. The Balaban J connectivity index is 1.82. The Morgan fingerprint density at radius 2 is 1.82 bits per heavy atom. The number of sulfonamides is 1. The second-order valence-corrected chi connectivity index (χ2v) is 9.11. The van der Waals surface area contributed by atoms with Crippen molar-refractivity contribution in [1.82, 2.24) is 4.90 Å². The van der Waals surface area contributed by atoms with Gasteiger partial charge in [0.05, 0.1) is 11.4 Å². The van der Waals surface area contributed by atoms with Crippen LogP contribution in [0.1, 0.15) is 27.7 Å². The molecule has 0 aliphatic rings. The van der Waals surface area contributed by atoms with Crippen LogP contribution >= 0.6 is 11.3 Å². The largest absolute Gasteiger partial charge is 0.334 e. The molecule has 2 aromatic carbocycles. The fourth-order valence-electron chi connectivity index (χ4n) is 2.73. The zero-order chi connectivity index (χ0) is 20.1. The summed E-state index contributed by atoms with van der Waals surface area (Å²) < 4.78 is 28.0. The molecule has 0 atom stereocenters. The number of benzene rings is 2. The molecule has 1 aromatic heterocycles. The number of thiophene rings is 1. The van der Waals surface area contributed by atoms with E-state index in [-0.39, 0.29) is 10.8 Å². The first-order valence-corrected chi connectivity index (χ1v) is 11.3. The summed E-state index contributed by atoms with van der Waals surface area (Å²) in [7, 11) is -3.78. The highest BCUT2D eigenvalue weighted by molar-refractivity contribution is 7.92. The molecule has 1 amide bonds. The standard InChI is InChI=1S/C21H22N2O3S2/c1-3-23(15-19-7-5-13-27-19)21(24)17-6-4-8-20(14-17)28(25,26)22-18-11-9-16(2)10-12-18/h4-14,22H,3,15H2,1-2H3. The van der Waals surface area contributed by atoms with E-state index in [9.17, 15) is 13.2 Å². The lowest BCUT2D eigenvalue weighted by molar-refractivity contribution is 0.0754. The maximum absolute atomic E-state index is 12.9. The van der Waals surface area contributed by atoms with E-state index in [0.717, 1.165) is 10.4 Å².